The van der Waals surface area contributed by atoms with Gasteiger partial charge in [0.15, 0.2) is 0 Å². The van der Waals surface area contributed by atoms with E-state index >= 15 is 0 Å². The summed E-state index contributed by atoms with van der Waals surface area (Å²) < 4.78 is 5.29. The average Bonchev–Trinajstić information content (AvgIpc) is 3.61. The van der Waals surface area contributed by atoms with Gasteiger partial charge in [0.05, 0.1) is 41.3 Å². The van der Waals surface area contributed by atoms with Crippen LogP contribution in [0, 0.1) is 5.41 Å². The quantitative estimate of drug-likeness (QED) is 0.246. The number of carbonyl (C=O) groups is 1. The predicted molar refractivity (Wildman–Crippen MR) is 145 cm³/mol. The third-order valence-electron chi connectivity index (χ3n) is 6.17. The van der Waals surface area contributed by atoms with Gasteiger partial charge < -0.3 is 14.7 Å². The Bertz CT molecular complexity index is 1740. The standard InChI is InChI=1S/C29H26N6O2/c1-29(2,3)13-26(36)31-19-11-18(14-30-15-19)22-7-8-24-27(33-22)28(35-34-24)25-12-21-20(17-9-10-37-16-17)5-4-6-23(21)32-25/h4-12,14-16,32H,13H2,1-3H3,(H,31,36)(H,34,35). The van der Waals surface area contributed by atoms with Gasteiger partial charge in [0.1, 0.15) is 11.2 Å². The maximum absolute atomic E-state index is 12.4. The number of H-pyrrole nitrogens is 2. The van der Waals surface area contributed by atoms with Crippen LogP contribution in [-0.4, -0.2) is 31.1 Å². The number of rotatable bonds is 5. The molecule has 37 heavy (non-hydrogen) atoms. The van der Waals surface area contributed by atoms with Crippen molar-refractivity contribution in [2.24, 2.45) is 5.41 Å². The van der Waals surface area contributed by atoms with Crippen molar-refractivity contribution in [3.63, 3.8) is 0 Å². The van der Waals surface area contributed by atoms with E-state index in [1.807, 2.05) is 57.2 Å². The van der Waals surface area contributed by atoms with E-state index in [0.717, 1.165) is 55.7 Å². The molecule has 6 aromatic rings. The fourth-order valence-corrected chi connectivity index (χ4v) is 4.53. The molecule has 5 aromatic heterocycles. The average molecular weight is 491 g/mol. The number of anilines is 1. The number of hydrogen-bond donors (Lipinski definition) is 3. The zero-order valence-corrected chi connectivity index (χ0v) is 20.8. The summed E-state index contributed by atoms with van der Waals surface area (Å²) in [4.78, 5) is 25.2. The number of aromatic amines is 2. The number of amides is 1. The van der Waals surface area contributed by atoms with Gasteiger partial charge in [-0.05, 0) is 47.4 Å². The Hall–Kier alpha value is -4.72. The molecule has 8 nitrogen and oxygen atoms in total. The minimum atomic E-state index is -0.0959. The fraction of sp³-hybridized carbons (Fsp3) is 0.172. The molecule has 0 atom stereocenters. The molecule has 6 rings (SSSR count). The Balaban J connectivity index is 1.36. The Morgan fingerprint density at radius 1 is 1.03 bits per heavy atom. The van der Waals surface area contributed by atoms with Gasteiger partial charge in [-0.15, -0.1) is 0 Å². The number of furan rings is 1. The Kier molecular flexibility index (Phi) is 5.37. The second-order valence-corrected chi connectivity index (χ2v) is 10.4. The van der Waals surface area contributed by atoms with Crippen LogP contribution < -0.4 is 5.32 Å². The molecule has 0 radical (unpaired) electrons. The molecule has 184 valence electrons. The maximum Gasteiger partial charge on any atom is 0.224 e. The summed E-state index contributed by atoms with van der Waals surface area (Å²) in [5.74, 6) is -0.0411. The van der Waals surface area contributed by atoms with E-state index in [0.29, 0.717) is 12.1 Å². The Morgan fingerprint density at radius 2 is 1.92 bits per heavy atom. The molecule has 0 saturated heterocycles. The molecule has 3 N–H and O–H groups in total. The van der Waals surface area contributed by atoms with Crippen LogP contribution in [0.3, 0.4) is 0 Å². The highest BCUT2D eigenvalue weighted by molar-refractivity contribution is 6.00. The smallest absolute Gasteiger partial charge is 0.224 e. The normalized spacial score (nSPS) is 11.9. The van der Waals surface area contributed by atoms with Crippen molar-refractivity contribution < 1.29 is 9.21 Å². The summed E-state index contributed by atoms with van der Waals surface area (Å²) in [6.45, 7) is 6.11. The van der Waals surface area contributed by atoms with E-state index in [-0.39, 0.29) is 11.3 Å². The topological polar surface area (TPSA) is 112 Å². The number of fused-ring (bicyclic) bond motifs is 2. The summed E-state index contributed by atoms with van der Waals surface area (Å²) in [5, 5.41) is 11.7. The molecule has 0 bridgehead atoms. The van der Waals surface area contributed by atoms with Crippen molar-refractivity contribution in [3.8, 4) is 33.8 Å². The van der Waals surface area contributed by atoms with E-state index < -0.39 is 0 Å². The van der Waals surface area contributed by atoms with Gasteiger partial charge in [0.25, 0.3) is 0 Å². The molecule has 5 heterocycles. The van der Waals surface area contributed by atoms with Crippen LogP contribution in [0.2, 0.25) is 0 Å². The first-order valence-corrected chi connectivity index (χ1v) is 12.1. The lowest BCUT2D eigenvalue weighted by atomic mass is 9.92. The van der Waals surface area contributed by atoms with Crippen LogP contribution in [0.15, 0.2) is 77.9 Å². The highest BCUT2D eigenvalue weighted by Gasteiger charge is 2.18. The molecular formula is C29H26N6O2. The second-order valence-electron chi connectivity index (χ2n) is 10.4. The molecule has 0 aliphatic heterocycles. The van der Waals surface area contributed by atoms with Crippen LogP contribution in [0.5, 0.6) is 0 Å². The molecule has 0 unspecified atom stereocenters. The van der Waals surface area contributed by atoms with Gasteiger partial charge in [-0.1, -0.05) is 32.9 Å². The summed E-state index contributed by atoms with van der Waals surface area (Å²) in [5.41, 5.74) is 8.37. The highest BCUT2D eigenvalue weighted by Crippen LogP contribution is 2.34. The third-order valence-corrected chi connectivity index (χ3v) is 6.17. The van der Waals surface area contributed by atoms with E-state index in [1.54, 1.807) is 24.9 Å². The highest BCUT2D eigenvalue weighted by atomic mass is 16.3. The molecule has 1 aromatic carbocycles. The third kappa shape index (κ3) is 4.49. The van der Waals surface area contributed by atoms with E-state index in [1.165, 1.54) is 0 Å². The first-order valence-electron chi connectivity index (χ1n) is 12.1. The van der Waals surface area contributed by atoms with Gasteiger partial charge in [-0.3, -0.25) is 14.9 Å². The largest absolute Gasteiger partial charge is 0.472 e. The van der Waals surface area contributed by atoms with E-state index in [9.17, 15) is 4.79 Å². The van der Waals surface area contributed by atoms with Crippen molar-refractivity contribution in [1.82, 2.24) is 25.1 Å². The first kappa shape index (κ1) is 22.7. The van der Waals surface area contributed by atoms with Gasteiger partial charge in [-0.25, -0.2) is 4.98 Å². The van der Waals surface area contributed by atoms with Gasteiger partial charge in [0.2, 0.25) is 5.91 Å². The second kappa shape index (κ2) is 8.74. The lowest BCUT2D eigenvalue weighted by Gasteiger charge is -2.17. The van der Waals surface area contributed by atoms with E-state index in [4.69, 9.17) is 9.40 Å². The van der Waals surface area contributed by atoms with E-state index in [2.05, 4.69) is 37.6 Å². The molecule has 0 fully saturated rings. The number of benzene rings is 1. The number of nitrogens with one attached hydrogen (secondary N) is 3. The number of hydrogen-bond acceptors (Lipinski definition) is 5. The van der Waals surface area contributed by atoms with Gasteiger partial charge >= 0.3 is 0 Å². The number of nitrogens with zero attached hydrogens (tertiary/aromatic N) is 3. The maximum atomic E-state index is 12.4. The molecule has 1 amide bonds. The summed E-state index contributed by atoms with van der Waals surface area (Å²) in [6, 6.07) is 15.9. The van der Waals surface area contributed by atoms with Crippen molar-refractivity contribution in [2.45, 2.75) is 27.2 Å². The summed E-state index contributed by atoms with van der Waals surface area (Å²) in [7, 11) is 0. The molecule has 0 saturated carbocycles. The summed E-state index contributed by atoms with van der Waals surface area (Å²) >= 11 is 0. The molecule has 0 aliphatic carbocycles. The van der Waals surface area contributed by atoms with Crippen molar-refractivity contribution >= 4 is 33.5 Å². The Morgan fingerprint density at radius 3 is 2.73 bits per heavy atom. The minimum absolute atomic E-state index is 0.0411. The van der Waals surface area contributed by atoms with Crippen LogP contribution >= 0.6 is 0 Å². The number of carbonyl (C=O) groups excluding carboxylic acids is 1. The fourth-order valence-electron chi connectivity index (χ4n) is 4.53. The predicted octanol–water partition coefficient (Wildman–Crippen LogP) is 6.80. The van der Waals surface area contributed by atoms with Crippen molar-refractivity contribution in [1.29, 1.82) is 0 Å². The zero-order chi connectivity index (χ0) is 25.6. The SMILES string of the molecule is CC(C)(C)CC(=O)Nc1cncc(-c2ccc3[nH]nc(-c4cc5c(-c6ccoc6)cccc5[nH]4)c3n2)c1. The summed E-state index contributed by atoms with van der Waals surface area (Å²) in [6.07, 6.45) is 7.23. The minimum Gasteiger partial charge on any atom is -0.472 e. The van der Waals surface area contributed by atoms with Gasteiger partial charge in [-0.2, -0.15) is 5.10 Å². The number of aromatic nitrogens is 5. The molecule has 0 aliphatic rings. The lowest BCUT2D eigenvalue weighted by molar-refractivity contribution is -0.117. The van der Waals surface area contributed by atoms with Crippen molar-refractivity contribution in [3.05, 3.63) is 73.5 Å². The Labute approximate surface area is 213 Å². The monoisotopic (exact) mass is 490 g/mol. The number of pyridine rings is 2. The zero-order valence-electron chi connectivity index (χ0n) is 20.8. The van der Waals surface area contributed by atoms with Crippen molar-refractivity contribution in [2.75, 3.05) is 5.32 Å². The van der Waals surface area contributed by atoms with Crippen LogP contribution in [-0.2, 0) is 4.79 Å². The van der Waals surface area contributed by atoms with Gasteiger partial charge in [0, 0.05) is 34.6 Å². The van der Waals surface area contributed by atoms with Crippen LogP contribution in [0.1, 0.15) is 27.2 Å². The van der Waals surface area contributed by atoms with Crippen LogP contribution in [0.25, 0.3) is 55.7 Å². The molecule has 8 heteroatoms. The first-order chi connectivity index (χ1) is 17.8. The molecule has 0 spiro atoms. The lowest BCUT2D eigenvalue weighted by Crippen LogP contribution is -2.19. The van der Waals surface area contributed by atoms with Crippen LogP contribution in [0.4, 0.5) is 5.69 Å². The molecular weight excluding hydrogens is 464 g/mol.